The van der Waals surface area contributed by atoms with E-state index in [1.165, 1.54) is 6.07 Å². The Kier molecular flexibility index (Phi) is 7.11. The third-order valence-electron chi connectivity index (χ3n) is 6.61. The molecule has 2 N–H and O–H groups in total. The number of anilines is 2. The first-order valence-electron chi connectivity index (χ1n) is 12.5. The summed E-state index contributed by atoms with van der Waals surface area (Å²) in [5.41, 5.74) is 3.78. The quantitative estimate of drug-likeness (QED) is 0.213. The topological polar surface area (TPSA) is 67.2 Å². The van der Waals surface area contributed by atoms with Crippen molar-refractivity contribution in [1.29, 1.82) is 0 Å². The van der Waals surface area contributed by atoms with Crippen LogP contribution in [0.2, 0.25) is 0 Å². The minimum Gasteiger partial charge on any atom is -0.481 e. The van der Waals surface area contributed by atoms with Gasteiger partial charge >= 0.3 is 12.1 Å². The second kappa shape index (κ2) is 10.6. The Labute approximate surface area is 223 Å². The summed E-state index contributed by atoms with van der Waals surface area (Å²) < 4.78 is 43.2. The number of nitrogens with zero attached hydrogens (tertiary/aromatic N) is 2. The van der Waals surface area contributed by atoms with E-state index in [0.717, 1.165) is 28.6 Å². The predicted octanol–water partition coefficient (Wildman–Crippen LogP) is 8.09. The van der Waals surface area contributed by atoms with Crippen LogP contribution in [0.1, 0.15) is 36.0 Å². The Morgan fingerprint density at radius 2 is 1.62 bits per heavy atom. The number of alkyl halides is 3. The zero-order valence-corrected chi connectivity index (χ0v) is 21.1. The smallest absolute Gasteiger partial charge is 0.418 e. The van der Waals surface area contributed by atoms with Crippen LogP contribution in [0.4, 0.5) is 24.5 Å². The van der Waals surface area contributed by atoms with Gasteiger partial charge in [0.1, 0.15) is 5.52 Å². The van der Waals surface area contributed by atoms with E-state index in [1.807, 2.05) is 85.8 Å². The van der Waals surface area contributed by atoms with Crippen LogP contribution in [-0.4, -0.2) is 20.9 Å². The van der Waals surface area contributed by atoms with Gasteiger partial charge < -0.3 is 10.4 Å². The van der Waals surface area contributed by atoms with E-state index in [0.29, 0.717) is 23.2 Å². The maximum atomic E-state index is 13.9. The van der Waals surface area contributed by atoms with Gasteiger partial charge in [-0.25, -0.2) is 0 Å². The Morgan fingerprint density at radius 1 is 0.923 bits per heavy atom. The van der Waals surface area contributed by atoms with E-state index >= 15 is 0 Å². The Bertz CT molecular complexity index is 1630. The summed E-state index contributed by atoms with van der Waals surface area (Å²) in [7, 11) is 0. The Hall–Kier alpha value is -4.59. The SMILES string of the molecule is CC(CC(=O)O)c1cccc(Nc2cccc(-c3c4cccc(C(F)(F)F)c4nn3Cc3ccccc3)c2)c1. The minimum atomic E-state index is -4.53. The van der Waals surface area contributed by atoms with Gasteiger partial charge in [-0.1, -0.05) is 73.7 Å². The standard InChI is InChI=1S/C31H26F3N3O2/c1-20(16-28(38)39)22-10-5-12-24(17-22)35-25-13-6-11-23(18-25)30-26-14-7-15-27(31(32,33)34)29(26)36-37(30)19-21-8-3-2-4-9-21/h2-15,17-18,20,35H,16,19H2,1H3,(H,38,39). The number of aliphatic carboxylic acids is 1. The number of rotatable bonds is 8. The minimum absolute atomic E-state index is 0.0251. The number of hydrogen-bond acceptors (Lipinski definition) is 3. The monoisotopic (exact) mass is 529 g/mol. The van der Waals surface area contributed by atoms with Gasteiger partial charge in [-0.15, -0.1) is 0 Å². The summed E-state index contributed by atoms with van der Waals surface area (Å²) >= 11 is 0. The van der Waals surface area contributed by atoms with Crippen molar-refractivity contribution in [2.45, 2.75) is 32.0 Å². The lowest BCUT2D eigenvalue weighted by Gasteiger charge is -2.14. The van der Waals surface area contributed by atoms with Crippen LogP contribution in [0.3, 0.4) is 0 Å². The highest BCUT2D eigenvalue weighted by molar-refractivity contribution is 5.96. The summed E-state index contributed by atoms with van der Waals surface area (Å²) in [6, 6.07) is 28.6. The summed E-state index contributed by atoms with van der Waals surface area (Å²) in [4.78, 5) is 11.1. The van der Waals surface area contributed by atoms with Gasteiger partial charge in [0.25, 0.3) is 0 Å². The molecule has 0 radical (unpaired) electrons. The fourth-order valence-corrected chi connectivity index (χ4v) is 4.77. The first-order chi connectivity index (χ1) is 18.7. The van der Waals surface area contributed by atoms with Crippen molar-refractivity contribution in [2.24, 2.45) is 0 Å². The molecule has 1 heterocycles. The van der Waals surface area contributed by atoms with Crippen LogP contribution in [0.25, 0.3) is 22.2 Å². The van der Waals surface area contributed by atoms with Gasteiger partial charge in [0.05, 0.1) is 24.2 Å². The molecule has 1 unspecified atom stereocenters. The van der Waals surface area contributed by atoms with Crippen LogP contribution in [0, 0.1) is 0 Å². The highest BCUT2D eigenvalue weighted by Gasteiger charge is 2.34. The van der Waals surface area contributed by atoms with E-state index in [2.05, 4.69) is 10.4 Å². The molecule has 0 saturated heterocycles. The molecule has 0 aliphatic carbocycles. The average Bonchev–Trinajstić information content (AvgIpc) is 3.26. The molecule has 0 aliphatic rings. The maximum absolute atomic E-state index is 13.9. The number of carboxylic acid groups (broad SMARTS) is 1. The Balaban J connectivity index is 1.56. The first-order valence-corrected chi connectivity index (χ1v) is 12.5. The van der Waals surface area contributed by atoms with E-state index in [9.17, 15) is 18.0 Å². The van der Waals surface area contributed by atoms with Crippen LogP contribution in [0.5, 0.6) is 0 Å². The number of fused-ring (bicyclic) bond motifs is 1. The molecule has 1 atom stereocenters. The number of carboxylic acids is 1. The van der Waals surface area contributed by atoms with Crippen LogP contribution in [-0.2, 0) is 17.5 Å². The lowest BCUT2D eigenvalue weighted by Crippen LogP contribution is -2.06. The normalized spacial score (nSPS) is 12.4. The van der Waals surface area contributed by atoms with Gasteiger partial charge in [0, 0.05) is 22.3 Å². The molecule has 0 aliphatic heterocycles. The molecule has 0 bridgehead atoms. The molecule has 1 aromatic heterocycles. The highest BCUT2D eigenvalue weighted by Crippen LogP contribution is 2.39. The number of hydrogen-bond donors (Lipinski definition) is 2. The third kappa shape index (κ3) is 5.80. The number of carbonyl (C=O) groups is 1. The van der Waals surface area contributed by atoms with Crippen molar-refractivity contribution >= 4 is 28.2 Å². The zero-order valence-electron chi connectivity index (χ0n) is 21.1. The zero-order chi connectivity index (χ0) is 27.6. The Morgan fingerprint density at radius 3 is 2.33 bits per heavy atom. The number of benzene rings is 4. The highest BCUT2D eigenvalue weighted by atomic mass is 19.4. The molecule has 0 spiro atoms. The van der Waals surface area contributed by atoms with Crippen LogP contribution < -0.4 is 5.32 Å². The predicted molar refractivity (Wildman–Crippen MR) is 146 cm³/mol. The van der Waals surface area contributed by atoms with Gasteiger partial charge in [-0.05, 0) is 47.4 Å². The van der Waals surface area contributed by atoms with Crippen molar-refractivity contribution in [3.63, 3.8) is 0 Å². The van der Waals surface area contributed by atoms with Crippen molar-refractivity contribution < 1.29 is 23.1 Å². The molecule has 8 heteroatoms. The molecule has 0 saturated carbocycles. The molecular formula is C31H26F3N3O2. The molecule has 198 valence electrons. The number of aromatic nitrogens is 2. The van der Waals surface area contributed by atoms with E-state index in [-0.39, 0.29) is 17.9 Å². The van der Waals surface area contributed by atoms with Crippen LogP contribution >= 0.6 is 0 Å². The molecule has 0 fully saturated rings. The van der Waals surface area contributed by atoms with E-state index in [1.54, 1.807) is 10.7 Å². The molecule has 5 rings (SSSR count). The second-order valence-electron chi connectivity index (χ2n) is 9.52. The third-order valence-corrected chi connectivity index (χ3v) is 6.61. The molecule has 4 aromatic carbocycles. The van der Waals surface area contributed by atoms with E-state index in [4.69, 9.17) is 5.11 Å². The number of nitrogens with one attached hydrogen (secondary N) is 1. The fourth-order valence-electron chi connectivity index (χ4n) is 4.77. The molecule has 5 aromatic rings. The van der Waals surface area contributed by atoms with Crippen molar-refractivity contribution in [3.8, 4) is 11.3 Å². The summed E-state index contributed by atoms with van der Waals surface area (Å²) in [6.45, 7) is 2.17. The fraction of sp³-hybridized carbons (Fsp3) is 0.161. The van der Waals surface area contributed by atoms with Crippen molar-refractivity contribution in [3.05, 3.63) is 114 Å². The van der Waals surface area contributed by atoms with E-state index < -0.39 is 17.7 Å². The van der Waals surface area contributed by atoms with Gasteiger partial charge in [0.15, 0.2) is 0 Å². The molecule has 5 nitrogen and oxygen atoms in total. The largest absolute Gasteiger partial charge is 0.481 e. The summed E-state index contributed by atoms with van der Waals surface area (Å²) in [5.74, 6) is -1.02. The van der Waals surface area contributed by atoms with Crippen molar-refractivity contribution in [2.75, 3.05) is 5.32 Å². The van der Waals surface area contributed by atoms with Gasteiger partial charge in [-0.3, -0.25) is 9.48 Å². The molecule has 0 amide bonds. The lowest BCUT2D eigenvalue weighted by molar-refractivity contribution is -0.137. The van der Waals surface area contributed by atoms with Gasteiger partial charge in [0.2, 0.25) is 0 Å². The molecule has 39 heavy (non-hydrogen) atoms. The maximum Gasteiger partial charge on any atom is 0.418 e. The lowest BCUT2D eigenvalue weighted by atomic mass is 9.97. The molecular weight excluding hydrogens is 503 g/mol. The van der Waals surface area contributed by atoms with Gasteiger partial charge in [-0.2, -0.15) is 18.3 Å². The second-order valence-corrected chi connectivity index (χ2v) is 9.52. The number of halogens is 3. The summed E-state index contributed by atoms with van der Waals surface area (Å²) in [6.07, 6.45) is -4.51. The van der Waals surface area contributed by atoms with Crippen LogP contribution in [0.15, 0.2) is 97.1 Å². The first kappa shape index (κ1) is 26.0. The summed E-state index contributed by atoms with van der Waals surface area (Å²) in [5, 5.41) is 17.4. The van der Waals surface area contributed by atoms with Crippen molar-refractivity contribution in [1.82, 2.24) is 9.78 Å². The average molecular weight is 530 g/mol.